The van der Waals surface area contributed by atoms with E-state index in [0.29, 0.717) is 0 Å². The van der Waals surface area contributed by atoms with Crippen molar-refractivity contribution in [3.05, 3.63) is 36.4 Å². The van der Waals surface area contributed by atoms with Gasteiger partial charge in [0.15, 0.2) is 23.0 Å². The van der Waals surface area contributed by atoms with Gasteiger partial charge in [0.2, 0.25) is 11.6 Å². The van der Waals surface area contributed by atoms with E-state index in [9.17, 15) is 0 Å². The Kier molecular flexibility index (Phi) is 2.48. The number of ether oxygens (including phenoxy) is 4. The maximum atomic E-state index is 5.80. The van der Waals surface area contributed by atoms with Crippen LogP contribution in [0.2, 0.25) is 0 Å². The van der Waals surface area contributed by atoms with Gasteiger partial charge < -0.3 is 18.9 Å². The molecule has 4 nitrogen and oxygen atoms in total. The lowest BCUT2D eigenvalue weighted by atomic mass is 10.0. The van der Waals surface area contributed by atoms with E-state index < -0.39 is 11.6 Å². The fourth-order valence-corrected chi connectivity index (χ4v) is 2.80. The van der Waals surface area contributed by atoms with Gasteiger partial charge in [-0.15, -0.1) is 0 Å². The van der Waals surface area contributed by atoms with Crippen LogP contribution >= 0.6 is 0 Å². The lowest BCUT2D eigenvalue weighted by Crippen LogP contribution is -2.29. The Balaban J connectivity index is 1.70. The summed E-state index contributed by atoms with van der Waals surface area (Å²) in [5.74, 6) is 1.85. The van der Waals surface area contributed by atoms with Crippen LogP contribution in [0.25, 0.3) is 11.1 Å². The van der Waals surface area contributed by atoms with E-state index in [4.69, 9.17) is 18.9 Å². The SMILES string of the molecule is CC1(C)Oc2ccc(-c3ccc4c(c3)OC(C)(C)O4)cc2O1. The quantitative estimate of drug-likeness (QED) is 0.783. The first-order valence-corrected chi connectivity index (χ1v) is 7.36. The van der Waals surface area contributed by atoms with Crippen molar-refractivity contribution in [1.82, 2.24) is 0 Å². The molecule has 0 saturated carbocycles. The highest BCUT2D eigenvalue weighted by Gasteiger charge is 2.33. The molecule has 0 bridgehead atoms. The first kappa shape index (κ1) is 13.3. The molecular formula is C18H18O4. The second-order valence-electron chi connectivity index (χ2n) is 6.53. The highest BCUT2D eigenvalue weighted by Crippen LogP contribution is 2.44. The van der Waals surface area contributed by atoms with E-state index in [1.807, 2.05) is 64.1 Å². The summed E-state index contributed by atoms with van der Waals surface area (Å²) >= 11 is 0. The third-order valence-corrected chi connectivity index (χ3v) is 3.64. The van der Waals surface area contributed by atoms with Gasteiger partial charge >= 0.3 is 0 Å². The molecule has 2 aliphatic heterocycles. The molecule has 2 aliphatic rings. The second-order valence-corrected chi connectivity index (χ2v) is 6.53. The molecule has 0 amide bonds. The van der Waals surface area contributed by atoms with Crippen molar-refractivity contribution in [2.24, 2.45) is 0 Å². The van der Waals surface area contributed by atoms with Crippen molar-refractivity contribution >= 4 is 0 Å². The number of fused-ring (bicyclic) bond motifs is 2. The highest BCUT2D eigenvalue weighted by atomic mass is 16.7. The van der Waals surface area contributed by atoms with Crippen LogP contribution in [0.15, 0.2) is 36.4 Å². The fraction of sp³-hybridized carbons (Fsp3) is 0.333. The van der Waals surface area contributed by atoms with Gasteiger partial charge in [0.25, 0.3) is 0 Å². The van der Waals surface area contributed by atoms with Gasteiger partial charge in [-0.3, -0.25) is 0 Å². The number of rotatable bonds is 1. The summed E-state index contributed by atoms with van der Waals surface area (Å²) in [5, 5.41) is 0. The smallest absolute Gasteiger partial charge is 0.246 e. The van der Waals surface area contributed by atoms with Crippen molar-refractivity contribution in [3.8, 4) is 34.1 Å². The van der Waals surface area contributed by atoms with E-state index in [1.165, 1.54) is 0 Å². The number of hydrogen-bond donors (Lipinski definition) is 0. The third-order valence-electron chi connectivity index (χ3n) is 3.64. The van der Waals surface area contributed by atoms with Crippen molar-refractivity contribution in [1.29, 1.82) is 0 Å². The molecule has 0 atom stereocenters. The van der Waals surface area contributed by atoms with Crippen molar-refractivity contribution in [2.45, 2.75) is 39.3 Å². The van der Waals surface area contributed by atoms with Crippen LogP contribution in [0.3, 0.4) is 0 Å². The predicted octanol–water partition coefficient (Wildman–Crippen LogP) is 4.37. The maximum Gasteiger partial charge on any atom is 0.246 e. The largest absolute Gasteiger partial charge is 0.449 e. The van der Waals surface area contributed by atoms with E-state index in [-0.39, 0.29) is 0 Å². The molecule has 2 aromatic rings. The van der Waals surface area contributed by atoms with Crippen LogP contribution in [0.4, 0.5) is 0 Å². The van der Waals surface area contributed by atoms with Crippen LogP contribution in [0, 0.1) is 0 Å². The van der Waals surface area contributed by atoms with Crippen LogP contribution in [-0.4, -0.2) is 11.6 Å². The summed E-state index contributed by atoms with van der Waals surface area (Å²) in [7, 11) is 0. The van der Waals surface area contributed by atoms with Crippen molar-refractivity contribution in [3.63, 3.8) is 0 Å². The fourth-order valence-electron chi connectivity index (χ4n) is 2.80. The molecule has 0 aromatic heterocycles. The van der Waals surface area contributed by atoms with Gasteiger partial charge in [-0.2, -0.15) is 0 Å². The van der Waals surface area contributed by atoms with Crippen LogP contribution in [-0.2, 0) is 0 Å². The van der Waals surface area contributed by atoms with Crippen LogP contribution in [0.1, 0.15) is 27.7 Å². The minimum Gasteiger partial charge on any atom is -0.449 e. The van der Waals surface area contributed by atoms with E-state index in [2.05, 4.69) is 0 Å². The van der Waals surface area contributed by atoms with Gasteiger partial charge in [-0.05, 0) is 35.4 Å². The molecule has 2 aromatic carbocycles. The average Bonchev–Trinajstić information content (AvgIpc) is 2.89. The zero-order valence-corrected chi connectivity index (χ0v) is 13.1. The summed E-state index contributed by atoms with van der Waals surface area (Å²) in [6.07, 6.45) is 0. The van der Waals surface area contributed by atoms with Crippen molar-refractivity contribution < 1.29 is 18.9 Å². The van der Waals surface area contributed by atoms with Gasteiger partial charge in [0.05, 0.1) is 0 Å². The molecule has 0 radical (unpaired) electrons. The minimum absolute atomic E-state index is 0.611. The standard InChI is InChI=1S/C18H18O4/c1-17(2)19-13-7-5-11(9-15(13)21-17)12-6-8-14-16(10-12)22-18(3,4)20-14/h5-10H,1-4H3. The zero-order valence-electron chi connectivity index (χ0n) is 13.1. The Morgan fingerprint density at radius 3 is 1.32 bits per heavy atom. The summed E-state index contributed by atoms with van der Waals surface area (Å²) < 4.78 is 23.0. The Hall–Kier alpha value is -2.36. The lowest BCUT2D eigenvalue weighted by molar-refractivity contribution is -0.0437. The normalized spacial score (nSPS) is 19.3. The molecule has 0 aliphatic carbocycles. The summed E-state index contributed by atoms with van der Waals surface area (Å²) in [5.41, 5.74) is 2.10. The molecule has 4 rings (SSSR count). The molecule has 114 valence electrons. The average molecular weight is 298 g/mol. The predicted molar refractivity (Wildman–Crippen MR) is 82.5 cm³/mol. The summed E-state index contributed by atoms with van der Waals surface area (Å²) in [6.45, 7) is 7.59. The first-order chi connectivity index (χ1) is 10.3. The summed E-state index contributed by atoms with van der Waals surface area (Å²) in [4.78, 5) is 0. The Labute approximate surface area is 129 Å². The molecule has 4 heteroatoms. The van der Waals surface area contributed by atoms with Crippen LogP contribution in [0.5, 0.6) is 23.0 Å². The Bertz CT molecular complexity index is 696. The molecule has 0 fully saturated rings. The molecule has 0 saturated heterocycles. The number of benzene rings is 2. The van der Waals surface area contributed by atoms with Gasteiger partial charge in [0, 0.05) is 27.7 Å². The van der Waals surface area contributed by atoms with E-state index >= 15 is 0 Å². The second kappa shape index (κ2) is 4.09. The Morgan fingerprint density at radius 1 is 0.545 bits per heavy atom. The monoisotopic (exact) mass is 298 g/mol. The molecule has 2 heterocycles. The zero-order chi connectivity index (χ0) is 15.5. The molecule has 0 unspecified atom stereocenters. The summed E-state index contributed by atoms with van der Waals surface area (Å²) in [6, 6.07) is 11.9. The van der Waals surface area contributed by atoms with Crippen molar-refractivity contribution in [2.75, 3.05) is 0 Å². The number of hydrogen-bond acceptors (Lipinski definition) is 4. The molecule has 22 heavy (non-hydrogen) atoms. The van der Waals surface area contributed by atoms with Crippen LogP contribution < -0.4 is 18.9 Å². The van der Waals surface area contributed by atoms with E-state index in [1.54, 1.807) is 0 Å². The topological polar surface area (TPSA) is 36.9 Å². The maximum absolute atomic E-state index is 5.80. The van der Waals surface area contributed by atoms with Gasteiger partial charge in [0.1, 0.15) is 0 Å². The van der Waals surface area contributed by atoms with Gasteiger partial charge in [-0.25, -0.2) is 0 Å². The van der Waals surface area contributed by atoms with Gasteiger partial charge in [-0.1, -0.05) is 12.1 Å². The molecule has 0 spiro atoms. The minimum atomic E-state index is -0.611. The molecular weight excluding hydrogens is 280 g/mol. The third kappa shape index (κ3) is 2.15. The lowest BCUT2D eigenvalue weighted by Gasteiger charge is -2.16. The molecule has 0 N–H and O–H groups in total. The Morgan fingerprint density at radius 2 is 0.909 bits per heavy atom. The highest BCUT2D eigenvalue weighted by molar-refractivity contribution is 5.70. The first-order valence-electron chi connectivity index (χ1n) is 7.36. The van der Waals surface area contributed by atoms with E-state index in [0.717, 1.165) is 34.1 Å².